The van der Waals surface area contributed by atoms with E-state index < -0.39 is 17.9 Å². The van der Waals surface area contributed by atoms with Crippen LogP contribution in [0.15, 0.2) is 77.7 Å². The molecule has 0 aliphatic carbocycles. The molecule has 0 aromatic heterocycles. The summed E-state index contributed by atoms with van der Waals surface area (Å²) in [5, 5.41) is 0. The van der Waals surface area contributed by atoms with E-state index in [1.54, 1.807) is 66.7 Å². The van der Waals surface area contributed by atoms with Gasteiger partial charge < -0.3 is 4.74 Å². The lowest BCUT2D eigenvalue weighted by Crippen LogP contribution is -2.43. The molecule has 0 saturated heterocycles. The Bertz CT molecular complexity index is 1150. The van der Waals surface area contributed by atoms with Crippen molar-refractivity contribution in [3.05, 3.63) is 78.4 Å². The molecule has 6 heteroatoms. The fraction of sp³-hybridized carbons (Fsp3) is 0.452. The molecule has 2 aromatic rings. The van der Waals surface area contributed by atoms with Crippen LogP contribution in [0.4, 0.5) is 0 Å². The zero-order valence-corrected chi connectivity index (χ0v) is 24.9. The summed E-state index contributed by atoms with van der Waals surface area (Å²) < 4.78 is 30.9. The zero-order valence-electron chi connectivity index (χ0n) is 23.1. The van der Waals surface area contributed by atoms with Crippen molar-refractivity contribution >= 4 is 23.9 Å². The van der Waals surface area contributed by atoms with E-state index in [4.69, 9.17) is 4.74 Å². The first-order valence-corrected chi connectivity index (χ1v) is 17.1. The smallest absolute Gasteiger partial charge is 0.338 e. The van der Waals surface area contributed by atoms with Gasteiger partial charge in [-0.3, -0.25) is 0 Å². The minimum atomic E-state index is -3.40. The second-order valence-corrected chi connectivity index (χ2v) is 18.0. The normalized spacial score (nSPS) is 13.1. The molecule has 0 aliphatic rings. The van der Waals surface area contributed by atoms with Crippen LogP contribution in [-0.4, -0.2) is 34.3 Å². The van der Waals surface area contributed by atoms with Crippen molar-refractivity contribution in [2.75, 3.05) is 5.75 Å². The fourth-order valence-corrected chi connectivity index (χ4v) is 11.5. The van der Waals surface area contributed by atoms with Gasteiger partial charge in [0, 0.05) is 12.8 Å². The molecule has 4 nitrogen and oxygen atoms in total. The molecular formula is C31H42O4SSi. The van der Waals surface area contributed by atoms with Gasteiger partial charge in [0.1, 0.15) is 14.2 Å². The van der Waals surface area contributed by atoms with Gasteiger partial charge in [-0.2, -0.15) is 0 Å². The Morgan fingerprint density at radius 2 is 1.41 bits per heavy atom. The average Bonchev–Trinajstić information content (AvgIpc) is 2.86. The number of ether oxygens (including phenoxy) is 1. The molecule has 0 aliphatic heterocycles. The third-order valence-corrected chi connectivity index (χ3v) is 15.0. The number of hydrogen-bond acceptors (Lipinski definition) is 4. The second kappa shape index (κ2) is 14.4. The highest BCUT2D eigenvalue weighted by Crippen LogP contribution is 2.40. The van der Waals surface area contributed by atoms with Gasteiger partial charge in [0.2, 0.25) is 0 Å². The zero-order chi connectivity index (χ0) is 27.5. The average molecular weight is 539 g/mol. The van der Waals surface area contributed by atoms with Crippen LogP contribution in [0.2, 0.25) is 16.6 Å². The van der Waals surface area contributed by atoms with Gasteiger partial charge in [-0.1, -0.05) is 90.1 Å². The molecule has 37 heavy (non-hydrogen) atoms. The third kappa shape index (κ3) is 8.72. The van der Waals surface area contributed by atoms with Crippen molar-refractivity contribution < 1.29 is 17.9 Å². The van der Waals surface area contributed by atoms with Crippen molar-refractivity contribution in [1.29, 1.82) is 0 Å². The van der Waals surface area contributed by atoms with Gasteiger partial charge in [0.15, 0.2) is 9.84 Å². The number of sulfone groups is 1. The lowest BCUT2D eigenvalue weighted by atomic mass is 10.1. The van der Waals surface area contributed by atoms with Gasteiger partial charge in [0.05, 0.1) is 16.2 Å². The van der Waals surface area contributed by atoms with Crippen LogP contribution in [0.3, 0.4) is 0 Å². The van der Waals surface area contributed by atoms with E-state index in [9.17, 15) is 13.2 Å². The van der Waals surface area contributed by atoms with Crippen LogP contribution in [0, 0.1) is 11.5 Å². The monoisotopic (exact) mass is 538 g/mol. The number of esters is 1. The van der Waals surface area contributed by atoms with Crippen LogP contribution in [0.5, 0.6) is 0 Å². The minimum absolute atomic E-state index is 0.0958. The Morgan fingerprint density at radius 3 is 1.95 bits per heavy atom. The molecule has 0 saturated carbocycles. The standard InChI is InChI=1S/C31H42O4SSi/c1-25(2)37(26(3)4,27(5)6)24-16-14-20-29(35-31(32)28-17-9-7-10-18-28)19-13-15-23-36(33,34)30-21-11-8-12-22-30/h7-13,15,17-18,21-22,25-27,29H,14,19-20,23H2,1-6H3/b15-13+. The van der Waals surface area contributed by atoms with Gasteiger partial charge in [0.25, 0.3) is 0 Å². The molecule has 200 valence electrons. The molecule has 0 spiro atoms. The van der Waals surface area contributed by atoms with Crippen LogP contribution in [-0.2, 0) is 14.6 Å². The molecular weight excluding hydrogens is 496 g/mol. The van der Waals surface area contributed by atoms with E-state index in [1.165, 1.54) is 0 Å². The fourth-order valence-electron chi connectivity index (χ4n) is 5.07. The molecule has 0 N–H and O–H groups in total. The highest BCUT2D eigenvalue weighted by Gasteiger charge is 2.41. The Balaban J connectivity index is 2.13. The lowest BCUT2D eigenvalue weighted by Gasteiger charge is -2.38. The number of rotatable bonds is 12. The summed E-state index contributed by atoms with van der Waals surface area (Å²) in [6, 6.07) is 17.3. The van der Waals surface area contributed by atoms with Crippen LogP contribution >= 0.6 is 0 Å². The van der Waals surface area contributed by atoms with E-state index in [2.05, 4.69) is 53.0 Å². The minimum Gasteiger partial charge on any atom is -0.458 e. The Hall–Kier alpha value is -2.62. The third-order valence-electron chi connectivity index (χ3n) is 7.03. The summed E-state index contributed by atoms with van der Waals surface area (Å²) >= 11 is 0. The van der Waals surface area contributed by atoms with Crippen LogP contribution < -0.4 is 0 Å². The molecule has 2 rings (SSSR count). The Kier molecular flexibility index (Phi) is 11.9. The maximum atomic E-state index is 12.7. The molecule has 0 bridgehead atoms. The van der Waals surface area contributed by atoms with Gasteiger partial charge in [-0.25, -0.2) is 13.2 Å². The van der Waals surface area contributed by atoms with Crippen molar-refractivity contribution in [2.45, 2.75) is 88.4 Å². The summed E-state index contributed by atoms with van der Waals surface area (Å²) in [7, 11) is -5.22. The molecule has 0 fully saturated rings. The van der Waals surface area contributed by atoms with E-state index in [1.807, 2.05) is 6.07 Å². The second-order valence-electron chi connectivity index (χ2n) is 10.4. The molecule has 0 amide bonds. The molecule has 2 aromatic carbocycles. The maximum absolute atomic E-state index is 12.7. The Labute approximate surface area is 225 Å². The largest absolute Gasteiger partial charge is 0.458 e. The first kappa shape index (κ1) is 30.6. The Morgan fingerprint density at radius 1 is 0.865 bits per heavy atom. The number of carbonyl (C=O) groups excluding carboxylic acids is 1. The molecule has 0 radical (unpaired) electrons. The van der Waals surface area contributed by atoms with Crippen molar-refractivity contribution in [2.24, 2.45) is 0 Å². The topological polar surface area (TPSA) is 60.4 Å². The first-order valence-electron chi connectivity index (χ1n) is 13.2. The van der Waals surface area contributed by atoms with E-state index >= 15 is 0 Å². The predicted molar refractivity (Wildman–Crippen MR) is 156 cm³/mol. The summed E-state index contributed by atoms with van der Waals surface area (Å²) in [6.45, 7) is 13.7. The van der Waals surface area contributed by atoms with E-state index in [0.717, 1.165) is 0 Å². The number of benzene rings is 2. The van der Waals surface area contributed by atoms with Crippen LogP contribution in [0.25, 0.3) is 0 Å². The highest BCUT2D eigenvalue weighted by molar-refractivity contribution is 7.91. The van der Waals surface area contributed by atoms with Crippen molar-refractivity contribution in [3.8, 4) is 11.5 Å². The SMILES string of the molecule is CC(C)[Si](C#CCCC(C/C=C/CS(=O)(=O)c1ccccc1)OC(=O)c1ccccc1)(C(C)C)C(C)C. The van der Waals surface area contributed by atoms with Crippen molar-refractivity contribution in [3.63, 3.8) is 0 Å². The van der Waals surface area contributed by atoms with Crippen LogP contribution in [0.1, 0.15) is 71.2 Å². The van der Waals surface area contributed by atoms with Gasteiger partial charge in [-0.15, -0.1) is 11.5 Å². The summed E-state index contributed by atoms with van der Waals surface area (Å²) in [6.07, 6.45) is 4.72. The van der Waals surface area contributed by atoms with E-state index in [0.29, 0.717) is 46.3 Å². The predicted octanol–water partition coefficient (Wildman–Crippen LogP) is 7.63. The quantitative estimate of drug-likeness (QED) is 0.121. The summed E-state index contributed by atoms with van der Waals surface area (Å²) in [5.74, 6) is 2.98. The number of carbonyl (C=O) groups is 1. The van der Waals surface area contributed by atoms with Gasteiger partial charge >= 0.3 is 5.97 Å². The lowest BCUT2D eigenvalue weighted by molar-refractivity contribution is 0.0292. The maximum Gasteiger partial charge on any atom is 0.338 e. The van der Waals surface area contributed by atoms with E-state index in [-0.39, 0.29) is 17.8 Å². The molecule has 1 unspecified atom stereocenters. The summed E-state index contributed by atoms with van der Waals surface area (Å²) in [4.78, 5) is 13.0. The molecule has 1 atom stereocenters. The summed E-state index contributed by atoms with van der Waals surface area (Å²) in [5.41, 5.74) is 5.90. The van der Waals surface area contributed by atoms with Gasteiger partial charge in [-0.05, 0) is 47.3 Å². The highest BCUT2D eigenvalue weighted by atomic mass is 32.2. The molecule has 0 heterocycles. The number of hydrogen-bond donors (Lipinski definition) is 0. The van der Waals surface area contributed by atoms with Crippen molar-refractivity contribution in [1.82, 2.24) is 0 Å². The first-order chi connectivity index (χ1) is 17.5.